The van der Waals surface area contributed by atoms with Gasteiger partial charge in [0.05, 0.1) is 0 Å². The summed E-state index contributed by atoms with van der Waals surface area (Å²) in [5, 5.41) is 0. The minimum Gasteiger partial charge on any atom is -0.0845 e. The summed E-state index contributed by atoms with van der Waals surface area (Å²) < 4.78 is 0. The fourth-order valence-corrected chi connectivity index (χ4v) is 1.90. The second kappa shape index (κ2) is 15.5. The van der Waals surface area contributed by atoms with Crippen LogP contribution >= 0.6 is 0 Å². The molecule has 0 aliphatic rings. The Kier molecular flexibility index (Phi) is 15.0. The highest BCUT2D eigenvalue weighted by Gasteiger charge is 1.86. The Balaban J connectivity index is 3.15. The van der Waals surface area contributed by atoms with Crippen molar-refractivity contribution in [3.8, 4) is 0 Å². The molecule has 0 amide bonds. The molecule has 0 radical (unpaired) electrons. The normalized spacial score (nSPS) is 11.9. The highest BCUT2D eigenvalue weighted by Crippen LogP contribution is 2.06. The predicted octanol–water partition coefficient (Wildman–Crippen LogP) is 6.43. The van der Waals surface area contributed by atoms with E-state index in [2.05, 4.69) is 38.2 Å². The largest absolute Gasteiger partial charge is 0.0845 e. The third-order valence-electron chi connectivity index (χ3n) is 3.08. The second-order valence-corrected chi connectivity index (χ2v) is 4.91. The van der Waals surface area contributed by atoms with E-state index in [0.29, 0.717) is 0 Å². The van der Waals surface area contributed by atoms with Crippen molar-refractivity contribution in [1.29, 1.82) is 0 Å². The maximum absolute atomic E-state index is 2.31. The number of allylic oxidation sites excluding steroid dienone is 4. The van der Waals surface area contributed by atoms with E-state index in [-0.39, 0.29) is 0 Å². The molecule has 0 nitrogen and oxygen atoms in total. The summed E-state index contributed by atoms with van der Waals surface area (Å²) in [5.74, 6) is 0. The molecule has 0 rings (SSSR count). The summed E-state index contributed by atoms with van der Waals surface area (Å²) in [5.41, 5.74) is 0. The lowest BCUT2D eigenvalue weighted by Crippen LogP contribution is -1.75. The molecule has 0 aliphatic carbocycles. The number of hydrogen-bond donors (Lipinski definition) is 0. The van der Waals surface area contributed by atoms with Gasteiger partial charge in [-0.15, -0.1) is 0 Å². The molecule has 0 atom stereocenters. The van der Waals surface area contributed by atoms with Crippen LogP contribution in [0.2, 0.25) is 0 Å². The first-order chi connectivity index (χ1) is 8.41. The van der Waals surface area contributed by atoms with Crippen molar-refractivity contribution < 1.29 is 0 Å². The summed E-state index contributed by atoms with van der Waals surface area (Å²) >= 11 is 0. The third kappa shape index (κ3) is 15.5. The Labute approximate surface area is 109 Å². The summed E-state index contributed by atoms with van der Waals surface area (Å²) in [6, 6.07) is 0. The SMILES string of the molecule is CCCCCC/C=C/C=CCCCCCCC. The van der Waals surface area contributed by atoms with Crippen molar-refractivity contribution in [3.63, 3.8) is 0 Å². The zero-order chi connectivity index (χ0) is 12.6. The van der Waals surface area contributed by atoms with Crippen molar-refractivity contribution in [1.82, 2.24) is 0 Å². The van der Waals surface area contributed by atoms with Gasteiger partial charge in [-0.05, 0) is 25.7 Å². The van der Waals surface area contributed by atoms with Gasteiger partial charge in [-0.2, -0.15) is 0 Å². The molecule has 0 spiro atoms. The second-order valence-electron chi connectivity index (χ2n) is 4.91. The van der Waals surface area contributed by atoms with Crippen LogP contribution in [0.15, 0.2) is 24.3 Å². The number of unbranched alkanes of at least 4 members (excludes halogenated alkanes) is 9. The van der Waals surface area contributed by atoms with Crippen LogP contribution in [0, 0.1) is 0 Å². The molecule has 17 heavy (non-hydrogen) atoms. The summed E-state index contributed by atoms with van der Waals surface area (Å²) in [6.07, 6.45) is 24.0. The van der Waals surface area contributed by atoms with Gasteiger partial charge in [0.1, 0.15) is 0 Å². The molecule has 0 saturated carbocycles. The monoisotopic (exact) mass is 236 g/mol. The Morgan fingerprint density at radius 2 is 0.941 bits per heavy atom. The molecule has 0 N–H and O–H groups in total. The van der Waals surface area contributed by atoms with Gasteiger partial charge in [0, 0.05) is 0 Å². The zero-order valence-electron chi connectivity index (χ0n) is 12.1. The molecule has 100 valence electrons. The Morgan fingerprint density at radius 3 is 1.41 bits per heavy atom. The quantitative estimate of drug-likeness (QED) is 0.270. The van der Waals surface area contributed by atoms with Crippen LogP contribution in [0.1, 0.15) is 84.5 Å². The molecular weight excluding hydrogens is 204 g/mol. The van der Waals surface area contributed by atoms with Crippen LogP contribution in [0.3, 0.4) is 0 Å². The lowest BCUT2D eigenvalue weighted by molar-refractivity contribution is 0.637. The van der Waals surface area contributed by atoms with E-state index < -0.39 is 0 Å². The van der Waals surface area contributed by atoms with Gasteiger partial charge in [0.25, 0.3) is 0 Å². The van der Waals surface area contributed by atoms with Crippen LogP contribution in [-0.2, 0) is 0 Å². The highest BCUT2D eigenvalue weighted by molar-refractivity contribution is 5.02. The van der Waals surface area contributed by atoms with Crippen molar-refractivity contribution >= 4 is 0 Å². The lowest BCUT2D eigenvalue weighted by atomic mass is 10.1. The Bertz CT molecular complexity index is 176. The Morgan fingerprint density at radius 1 is 0.529 bits per heavy atom. The molecule has 0 unspecified atom stereocenters. The molecule has 0 aromatic carbocycles. The van der Waals surface area contributed by atoms with Gasteiger partial charge in [-0.25, -0.2) is 0 Å². The molecule has 0 bridgehead atoms. The van der Waals surface area contributed by atoms with Gasteiger partial charge in [0.15, 0.2) is 0 Å². The number of rotatable bonds is 12. The zero-order valence-corrected chi connectivity index (χ0v) is 12.1. The van der Waals surface area contributed by atoms with Gasteiger partial charge < -0.3 is 0 Å². The van der Waals surface area contributed by atoms with Gasteiger partial charge in [0.2, 0.25) is 0 Å². The minimum atomic E-state index is 1.25. The topological polar surface area (TPSA) is 0 Å². The van der Waals surface area contributed by atoms with Gasteiger partial charge >= 0.3 is 0 Å². The first kappa shape index (κ1) is 16.5. The van der Waals surface area contributed by atoms with Crippen LogP contribution in [0.25, 0.3) is 0 Å². The lowest BCUT2D eigenvalue weighted by Gasteiger charge is -1.95. The smallest absolute Gasteiger partial charge is 0.0348 e. The summed E-state index contributed by atoms with van der Waals surface area (Å²) in [6.45, 7) is 4.53. The molecule has 0 fully saturated rings. The maximum Gasteiger partial charge on any atom is -0.0348 e. The van der Waals surface area contributed by atoms with Crippen LogP contribution in [0.5, 0.6) is 0 Å². The van der Waals surface area contributed by atoms with E-state index in [4.69, 9.17) is 0 Å². The standard InChI is InChI=1S/C17H32/c1-3-5-7-9-11-13-15-17-16-14-12-10-8-6-4-2/h13,15-17H,3-12,14H2,1-2H3/b15-13+,17-16?. The molecule has 0 aromatic rings. The summed E-state index contributed by atoms with van der Waals surface area (Å²) in [4.78, 5) is 0. The molecule has 0 saturated heterocycles. The van der Waals surface area contributed by atoms with Crippen molar-refractivity contribution in [2.45, 2.75) is 84.5 Å². The van der Waals surface area contributed by atoms with Crippen molar-refractivity contribution in [2.24, 2.45) is 0 Å². The van der Waals surface area contributed by atoms with Gasteiger partial charge in [-0.3, -0.25) is 0 Å². The van der Waals surface area contributed by atoms with Gasteiger partial charge in [-0.1, -0.05) is 83.1 Å². The molecule has 0 aliphatic heterocycles. The van der Waals surface area contributed by atoms with E-state index in [1.807, 2.05) is 0 Å². The van der Waals surface area contributed by atoms with Crippen LogP contribution in [0.4, 0.5) is 0 Å². The van der Waals surface area contributed by atoms with E-state index in [1.165, 1.54) is 70.6 Å². The molecule has 0 heterocycles. The van der Waals surface area contributed by atoms with Crippen LogP contribution in [-0.4, -0.2) is 0 Å². The maximum atomic E-state index is 2.31. The predicted molar refractivity (Wildman–Crippen MR) is 80.4 cm³/mol. The fraction of sp³-hybridized carbons (Fsp3) is 0.765. The fourth-order valence-electron chi connectivity index (χ4n) is 1.90. The van der Waals surface area contributed by atoms with Crippen LogP contribution < -0.4 is 0 Å². The third-order valence-corrected chi connectivity index (χ3v) is 3.08. The molecule has 0 heteroatoms. The minimum absolute atomic E-state index is 1.25. The van der Waals surface area contributed by atoms with Crippen molar-refractivity contribution in [3.05, 3.63) is 24.3 Å². The van der Waals surface area contributed by atoms with E-state index in [0.717, 1.165) is 0 Å². The van der Waals surface area contributed by atoms with E-state index >= 15 is 0 Å². The molecular formula is C17H32. The first-order valence-electron chi connectivity index (χ1n) is 7.73. The van der Waals surface area contributed by atoms with E-state index in [9.17, 15) is 0 Å². The first-order valence-corrected chi connectivity index (χ1v) is 7.73. The Hall–Kier alpha value is -0.520. The number of hydrogen-bond acceptors (Lipinski definition) is 0. The average Bonchev–Trinajstić information content (AvgIpc) is 2.35. The van der Waals surface area contributed by atoms with Crippen molar-refractivity contribution in [2.75, 3.05) is 0 Å². The summed E-state index contributed by atoms with van der Waals surface area (Å²) in [7, 11) is 0. The average molecular weight is 236 g/mol. The molecule has 0 aromatic heterocycles. The highest BCUT2D eigenvalue weighted by atomic mass is 13.9. The van der Waals surface area contributed by atoms with E-state index in [1.54, 1.807) is 0 Å².